The summed E-state index contributed by atoms with van der Waals surface area (Å²) in [6.45, 7) is 0.620. The highest BCUT2D eigenvalue weighted by Gasteiger charge is 2.29. The van der Waals surface area contributed by atoms with Crippen LogP contribution in [-0.4, -0.2) is 47.0 Å². The van der Waals surface area contributed by atoms with Crippen molar-refractivity contribution in [2.75, 3.05) is 20.2 Å². The molecule has 1 saturated heterocycles. The molecule has 1 heterocycles. The monoisotopic (exact) mass is 308 g/mol. The molecule has 1 aromatic rings. The second kappa shape index (κ2) is 6.42. The fourth-order valence-corrected chi connectivity index (χ4v) is 2.51. The van der Waals surface area contributed by atoms with Crippen molar-refractivity contribution in [1.29, 1.82) is 0 Å². The summed E-state index contributed by atoms with van der Waals surface area (Å²) >= 11 is 0. The van der Waals surface area contributed by atoms with Crippen molar-refractivity contribution in [3.63, 3.8) is 0 Å². The van der Waals surface area contributed by atoms with Gasteiger partial charge >= 0.3 is 11.7 Å². The van der Waals surface area contributed by atoms with Gasteiger partial charge in [-0.2, -0.15) is 0 Å². The third kappa shape index (κ3) is 3.16. The molecule has 1 atom stereocenters. The number of hydrogen-bond donors (Lipinski definition) is 1. The molecule has 0 spiro atoms. The van der Waals surface area contributed by atoms with Crippen molar-refractivity contribution >= 4 is 17.6 Å². The van der Waals surface area contributed by atoms with E-state index in [1.165, 1.54) is 30.2 Å². The molecule has 0 radical (unpaired) electrons. The molecule has 1 amide bonds. The van der Waals surface area contributed by atoms with Gasteiger partial charge in [0.15, 0.2) is 5.75 Å². The van der Waals surface area contributed by atoms with E-state index >= 15 is 0 Å². The summed E-state index contributed by atoms with van der Waals surface area (Å²) in [6, 6.07) is 3.88. The summed E-state index contributed by atoms with van der Waals surface area (Å²) in [7, 11) is 1.29. The average molecular weight is 308 g/mol. The maximum absolute atomic E-state index is 12.4. The van der Waals surface area contributed by atoms with Gasteiger partial charge in [-0.3, -0.25) is 19.7 Å². The number of nitro groups is 1. The number of amides is 1. The number of carbonyl (C=O) groups excluding carboxylic acids is 1. The lowest BCUT2D eigenvalue weighted by molar-refractivity contribution is -0.385. The molecule has 1 aliphatic heterocycles. The number of rotatable bonds is 4. The topological polar surface area (TPSA) is 110 Å². The summed E-state index contributed by atoms with van der Waals surface area (Å²) in [6.07, 6.45) is 1.16. The lowest BCUT2D eigenvalue weighted by atomic mass is 9.97. The van der Waals surface area contributed by atoms with Crippen molar-refractivity contribution < 1.29 is 24.4 Å². The Hall–Kier alpha value is -2.64. The smallest absolute Gasteiger partial charge is 0.310 e. The lowest BCUT2D eigenvalue weighted by Gasteiger charge is -2.30. The lowest BCUT2D eigenvalue weighted by Crippen LogP contribution is -2.42. The molecule has 1 aliphatic rings. The van der Waals surface area contributed by atoms with E-state index in [9.17, 15) is 19.7 Å². The van der Waals surface area contributed by atoms with Crippen LogP contribution in [0.25, 0.3) is 0 Å². The first-order valence-corrected chi connectivity index (χ1v) is 6.78. The largest absolute Gasteiger partial charge is 0.490 e. The minimum Gasteiger partial charge on any atom is -0.490 e. The van der Waals surface area contributed by atoms with E-state index in [1.54, 1.807) is 0 Å². The average Bonchev–Trinajstić information content (AvgIpc) is 2.53. The molecule has 0 aromatic heterocycles. The molecule has 1 aromatic carbocycles. The Bertz CT molecular complexity index is 615. The number of likely N-dealkylation sites (tertiary alicyclic amines) is 1. The van der Waals surface area contributed by atoms with Gasteiger partial charge in [-0.1, -0.05) is 0 Å². The molecule has 0 bridgehead atoms. The van der Waals surface area contributed by atoms with Crippen LogP contribution in [0.1, 0.15) is 23.2 Å². The zero-order chi connectivity index (χ0) is 16.3. The minimum atomic E-state index is -0.918. The number of hydrogen-bond acceptors (Lipinski definition) is 5. The zero-order valence-corrected chi connectivity index (χ0v) is 12.0. The number of ether oxygens (including phenoxy) is 1. The summed E-state index contributed by atoms with van der Waals surface area (Å²) in [4.78, 5) is 35.2. The molecular formula is C14H16N2O6. The Morgan fingerprint density at radius 2 is 2.18 bits per heavy atom. The van der Waals surface area contributed by atoms with Crippen molar-refractivity contribution in [2.24, 2.45) is 5.92 Å². The number of nitro benzene ring substituents is 1. The molecule has 8 nitrogen and oxygen atoms in total. The van der Waals surface area contributed by atoms with Crippen LogP contribution in [0.3, 0.4) is 0 Å². The molecule has 22 heavy (non-hydrogen) atoms. The Balaban J connectivity index is 2.22. The summed E-state index contributed by atoms with van der Waals surface area (Å²) < 4.78 is 4.94. The van der Waals surface area contributed by atoms with E-state index in [-0.39, 0.29) is 29.5 Å². The molecule has 1 N–H and O–H groups in total. The first-order chi connectivity index (χ1) is 10.4. The van der Waals surface area contributed by atoms with E-state index in [1.807, 2.05) is 0 Å². The van der Waals surface area contributed by atoms with Crippen LogP contribution in [0.2, 0.25) is 0 Å². The molecule has 118 valence electrons. The van der Waals surface area contributed by atoms with Crippen molar-refractivity contribution in [3.8, 4) is 5.75 Å². The maximum Gasteiger partial charge on any atom is 0.310 e. The van der Waals surface area contributed by atoms with Crippen molar-refractivity contribution in [1.82, 2.24) is 4.90 Å². The standard InChI is InChI=1S/C14H16N2O6/c1-22-12-7-9(4-5-11(12)16(20)21)13(17)15-6-2-3-10(8-15)14(18)19/h4-5,7,10H,2-3,6,8H2,1H3,(H,18,19)/t10-/m0/s1. The second-order valence-corrected chi connectivity index (χ2v) is 5.07. The normalized spacial score (nSPS) is 17.9. The molecule has 0 unspecified atom stereocenters. The van der Waals surface area contributed by atoms with E-state index in [0.717, 1.165) is 0 Å². The van der Waals surface area contributed by atoms with Gasteiger partial charge < -0.3 is 14.7 Å². The van der Waals surface area contributed by atoms with Crippen LogP contribution in [0.15, 0.2) is 18.2 Å². The van der Waals surface area contributed by atoms with Gasteiger partial charge in [-0.05, 0) is 18.9 Å². The van der Waals surface area contributed by atoms with Crippen LogP contribution in [-0.2, 0) is 4.79 Å². The predicted molar refractivity (Wildman–Crippen MR) is 75.9 cm³/mol. The summed E-state index contributed by atoms with van der Waals surface area (Å²) in [5.74, 6) is -1.83. The SMILES string of the molecule is COc1cc(C(=O)N2CCC[C@H](C(=O)O)C2)ccc1[N+](=O)[O-]. The highest BCUT2D eigenvalue weighted by atomic mass is 16.6. The van der Waals surface area contributed by atoms with E-state index in [2.05, 4.69) is 0 Å². The third-order valence-electron chi connectivity index (χ3n) is 3.68. The van der Waals surface area contributed by atoms with Gasteiger partial charge in [0.25, 0.3) is 5.91 Å². The van der Waals surface area contributed by atoms with E-state index in [4.69, 9.17) is 9.84 Å². The van der Waals surface area contributed by atoms with Crippen molar-refractivity contribution in [3.05, 3.63) is 33.9 Å². The number of aliphatic carboxylic acids is 1. The first kappa shape index (κ1) is 15.7. The van der Waals surface area contributed by atoms with Gasteiger partial charge in [-0.25, -0.2) is 0 Å². The van der Waals surface area contributed by atoms with Crippen LogP contribution in [0.4, 0.5) is 5.69 Å². The number of carboxylic acid groups (broad SMARTS) is 1. The summed E-state index contributed by atoms with van der Waals surface area (Å²) in [5.41, 5.74) is 0.0228. The zero-order valence-electron chi connectivity index (χ0n) is 12.0. The fourth-order valence-electron chi connectivity index (χ4n) is 2.51. The highest BCUT2D eigenvalue weighted by molar-refractivity contribution is 5.95. The minimum absolute atomic E-state index is 0.00245. The van der Waals surface area contributed by atoms with Gasteiger partial charge in [0.05, 0.1) is 18.0 Å². The Labute approximate surface area is 126 Å². The number of nitrogens with zero attached hydrogens (tertiary/aromatic N) is 2. The van der Waals surface area contributed by atoms with Crippen molar-refractivity contribution in [2.45, 2.75) is 12.8 Å². The summed E-state index contributed by atoms with van der Waals surface area (Å²) in [5, 5.41) is 19.9. The number of carbonyl (C=O) groups is 2. The van der Waals surface area contributed by atoms with Gasteiger partial charge in [0, 0.05) is 30.8 Å². The van der Waals surface area contributed by atoms with Crippen LogP contribution >= 0.6 is 0 Å². The molecule has 1 fully saturated rings. The highest BCUT2D eigenvalue weighted by Crippen LogP contribution is 2.28. The Morgan fingerprint density at radius 1 is 1.45 bits per heavy atom. The number of methoxy groups -OCH3 is 1. The maximum atomic E-state index is 12.4. The second-order valence-electron chi connectivity index (χ2n) is 5.07. The molecule has 2 rings (SSSR count). The predicted octanol–water partition coefficient (Wildman–Crippen LogP) is 1.54. The van der Waals surface area contributed by atoms with Gasteiger partial charge in [0.1, 0.15) is 0 Å². The first-order valence-electron chi connectivity index (χ1n) is 6.78. The molecule has 0 aliphatic carbocycles. The van der Waals surface area contributed by atoms with Crippen LogP contribution < -0.4 is 4.74 Å². The molecule has 0 saturated carbocycles. The van der Waals surface area contributed by atoms with Crippen LogP contribution in [0, 0.1) is 16.0 Å². The number of carboxylic acids is 1. The fraction of sp³-hybridized carbons (Fsp3) is 0.429. The Morgan fingerprint density at radius 3 is 2.77 bits per heavy atom. The molecule has 8 heteroatoms. The molecular weight excluding hydrogens is 292 g/mol. The van der Waals surface area contributed by atoms with E-state index in [0.29, 0.717) is 19.4 Å². The van der Waals surface area contributed by atoms with Crippen LogP contribution in [0.5, 0.6) is 5.75 Å². The number of benzene rings is 1. The van der Waals surface area contributed by atoms with Gasteiger partial charge in [-0.15, -0.1) is 0 Å². The number of piperidine rings is 1. The quantitative estimate of drug-likeness (QED) is 0.667. The van der Waals surface area contributed by atoms with Gasteiger partial charge in [0.2, 0.25) is 0 Å². The Kier molecular flexibility index (Phi) is 4.59. The third-order valence-corrected chi connectivity index (χ3v) is 3.68. The van der Waals surface area contributed by atoms with E-state index < -0.39 is 16.8 Å².